The Morgan fingerprint density at radius 2 is 1.70 bits per heavy atom. The Kier molecular flexibility index (Phi) is 5.50. The average molecular weight is 360 g/mol. The summed E-state index contributed by atoms with van der Waals surface area (Å²) in [5, 5.41) is 6.09. The molecule has 0 unspecified atom stereocenters. The minimum absolute atomic E-state index is 0.273. The molecule has 0 saturated carbocycles. The molecule has 0 aliphatic rings. The van der Waals surface area contributed by atoms with Gasteiger partial charge in [-0.1, -0.05) is 38.1 Å². The predicted molar refractivity (Wildman–Crippen MR) is 110 cm³/mol. The highest BCUT2D eigenvalue weighted by Crippen LogP contribution is 2.20. The number of hydrogen-bond acceptors (Lipinski definition) is 4. The Bertz CT molecular complexity index is 932. The quantitative estimate of drug-likeness (QED) is 0.655. The zero-order valence-corrected chi connectivity index (χ0v) is 16.1. The van der Waals surface area contributed by atoms with Crippen LogP contribution in [-0.4, -0.2) is 15.9 Å². The van der Waals surface area contributed by atoms with Gasteiger partial charge in [0.25, 0.3) is 5.91 Å². The molecule has 2 aromatic carbocycles. The highest BCUT2D eigenvalue weighted by molar-refractivity contribution is 6.02. The van der Waals surface area contributed by atoms with E-state index in [2.05, 4.69) is 52.6 Å². The number of aryl methyl sites for hydroxylation is 2. The van der Waals surface area contributed by atoms with E-state index in [0.29, 0.717) is 11.7 Å². The van der Waals surface area contributed by atoms with Crippen molar-refractivity contribution in [3.8, 4) is 0 Å². The van der Waals surface area contributed by atoms with Crippen molar-refractivity contribution in [3.05, 3.63) is 77.2 Å². The molecule has 3 aromatic rings. The van der Waals surface area contributed by atoms with Gasteiger partial charge in [-0.15, -0.1) is 0 Å². The molecule has 0 atom stereocenters. The monoisotopic (exact) mass is 360 g/mol. The van der Waals surface area contributed by atoms with Gasteiger partial charge in [0, 0.05) is 11.4 Å². The standard InChI is InChI=1S/C22H24N4O/c1-14(2)17-7-9-18(10-8-17)25-22(27)20-12-24-21(13-23-20)26-19-11-15(3)5-6-16(19)4/h5-14H,1-4H3,(H,24,26)(H,25,27). The molecular formula is C22H24N4O. The van der Waals surface area contributed by atoms with E-state index in [4.69, 9.17) is 0 Å². The van der Waals surface area contributed by atoms with Crippen LogP contribution in [0.1, 0.15) is 46.9 Å². The van der Waals surface area contributed by atoms with Gasteiger partial charge in [0.15, 0.2) is 0 Å². The molecule has 0 spiro atoms. The summed E-state index contributed by atoms with van der Waals surface area (Å²) < 4.78 is 0. The number of benzene rings is 2. The number of aromatic nitrogens is 2. The molecule has 0 radical (unpaired) electrons. The summed E-state index contributed by atoms with van der Waals surface area (Å²) >= 11 is 0. The second-order valence-electron chi connectivity index (χ2n) is 6.96. The largest absolute Gasteiger partial charge is 0.339 e. The number of anilines is 3. The van der Waals surface area contributed by atoms with Crippen molar-refractivity contribution in [3.63, 3.8) is 0 Å². The van der Waals surface area contributed by atoms with Crippen LogP contribution in [0, 0.1) is 13.8 Å². The van der Waals surface area contributed by atoms with Crippen LogP contribution < -0.4 is 10.6 Å². The maximum Gasteiger partial charge on any atom is 0.275 e. The molecule has 1 amide bonds. The Labute approximate surface area is 159 Å². The Balaban J connectivity index is 1.67. The van der Waals surface area contributed by atoms with Gasteiger partial charge in [0.05, 0.1) is 12.4 Å². The molecule has 138 valence electrons. The van der Waals surface area contributed by atoms with E-state index in [-0.39, 0.29) is 11.6 Å². The molecule has 3 rings (SSSR count). The second-order valence-corrected chi connectivity index (χ2v) is 6.96. The van der Waals surface area contributed by atoms with E-state index in [9.17, 15) is 4.79 Å². The summed E-state index contributed by atoms with van der Waals surface area (Å²) in [4.78, 5) is 20.9. The fraction of sp³-hybridized carbons (Fsp3) is 0.227. The lowest BCUT2D eigenvalue weighted by Crippen LogP contribution is -2.14. The zero-order chi connectivity index (χ0) is 19.4. The molecule has 1 aromatic heterocycles. The molecule has 0 bridgehead atoms. The molecule has 2 N–H and O–H groups in total. The predicted octanol–water partition coefficient (Wildman–Crippen LogP) is 5.21. The molecule has 0 aliphatic heterocycles. The lowest BCUT2D eigenvalue weighted by Gasteiger charge is -2.10. The van der Waals surface area contributed by atoms with Crippen molar-refractivity contribution in [1.82, 2.24) is 9.97 Å². The van der Waals surface area contributed by atoms with Crippen molar-refractivity contribution < 1.29 is 4.79 Å². The van der Waals surface area contributed by atoms with Crippen molar-refractivity contribution >= 4 is 23.1 Å². The maximum atomic E-state index is 12.4. The van der Waals surface area contributed by atoms with Gasteiger partial charge in [-0.05, 0) is 54.7 Å². The third-order valence-corrected chi connectivity index (χ3v) is 4.38. The maximum absolute atomic E-state index is 12.4. The first-order chi connectivity index (χ1) is 12.9. The van der Waals surface area contributed by atoms with Crippen LogP contribution in [0.4, 0.5) is 17.2 Å². The second kappa shape index (κ2) is 7.99. The van der Waals surface area contributed by atoms with Crippen LogP contribution in [-0.2, 0) is 0 Å². The van der Waals surface area contributed by atoms with E-state index in [1.54, 1.807) is 6.20 Å². The number of rotatable bonds is 5. The Morgan fingerprint density at radius 1 is 0.963 bits per heavy atom. The molecule has 27 heavy (non-hydrogen) atoms. The van der Waals surface area contributed by atoms with Crippen LogP contribution in [0.5, 0.6) is 0 Å². The number of amides is 1. The highest BCUT2D eigenvalue weighted by atomic mass is 16.1. The van der Waals surface area contributed by atoms with Gasteiger partial charge in [0.1, 0.15) is 11.5 Å². The molecule has 5 heteroatoms. The third kappa shape index (κ3) is 4.70. The van der Waals surface area contributed by atoms with Gasteiger partial charge >= 0.3 is 0 Å². The fourth-order valence-electron chi connectivity index (χ4n) is 2.66. The highest BCUT2D eigenvalue weighted by Gasteiger charge is 2.09. The van der Waals surface area contributed by atoms with E-state index >= 15 is 0 Å². The van der Waals surface area contributed by atoms with E-state index in [0.717, 1.165) is 22.5 Å². The average Bonchev–Trinajstić information content (AvgIpc) is 2.65. The van der Waals surface area contributed by atoms with Crippen LogP contribution in [0.3, 0.4) is 0 Å². The minimum Gasteiger partial charge on any atom is -0.339 e. The van der Waals surface area contributed by atoms with Gasteiger partial charge in [-0.3, -0.25) is 4.79 Å². The van der Waals surface area contributed by atoms with Crippen molar-refractivity contribution in [1.29, 1.82) is 0 Å². The lowest BCUT2D eigenvalue weighted by atomic mass is 10.0. The molecule has 1 heterocycles. The van der Waals surface area contributed by atoms with E-state index < -0.39 is 0 Å². The summed E-state index contributed by atoms with van der Waals surface area (Å²) in [6, 6.07) is 14.0. The first-order valence-corrected chi connectivity index (χ1v) is 9.00. The van der Waals surface area contributed by atoms with Crippen LogP contribution >= 0.6 is 0 Å². The molecule has 5 nitrogen and oxygen atoms in total. The van der Waals surface area contributed by atoms with Gasteiger partial charge in [-0.2, -0.15) is 0 Å². The summed E-state index contributed by atoms with van der Waals surface area (Å²) in [6.45, 7) is 8.34. The molecule has 0 saturated heterocycles. The van der Waals surface area contributed by atoms with E-state index in [1.165, 1.54) is 11.8 Å². The molecule has 0 aliphatic carbocycles. The number of carbonyl (C=O) groups excluding carboxylic acids is 1. The van der Waals surface area contributed by atoms with Crippen molar-refractivity contribution in [2.75, 3.05) is 10.6 Å². The summed E-state index contributed by atoms with van der Waals surface area (Å²) in [5.74, 6) is 0.775. The fourth-order valence-corrected chi connectivity index (χ4v) is 2.66. The smallest absolute Gasteiger partial charge is 0.275 e. The zero-order valence-electron chi connectivity index (χ0n) is 16.1. The summed E-state index contributed by atoms with van der Waals surface area (Å²) in [6.07, 6.45) is 3.05. The molecular weight excluding hydrogens is 336 g/mol. The first-order valence-electron chi connectivity index (χ1n) is 9.00. The van der Waals surface area contributed by atoms with E-state index in [1.807, 2.05) is 38.1 Å². The number of hydrogen-bond donors (Lipinski definition) is 2. The van der Waals surface area contributed by atoms with Crippen LogP contribution in [0.2, 0.25) is 0 Å². The Hall–Kier alpha value is -3.21. The normalized spacial score (nSPS) is 10.7. The van der Waals surface area contributed by atoms with Crippen molar-refractivity contribution in [2.24, 2.45) is 0 Å². The minimum atomic E-state index is -0.280. The van der Waals surface area contributed by atoms with Gasteiger partial charge in [0.2, 0.25) is 0 Å². The topological polar surface area (TPSA) is 66.9 Å². The Morgan fingerprint density at radius 3 is 2.33 bits per heavy atom. The number of nitrogens with one attached hydrogen (secondary N) is 2. The first kappa shape index (κ1) is 18.6. The van der Waals surface area contributed by atoms with Gasteiger partial charge in [-0.25, -0.2) is 9.97 Å². The third-order valence-electron chi connectivity index (χ3n) is 4.38. The lowest BCUT2D eigenvalue weighted by molar-refractivity contribution is 0.102. The number of nitrogens with zero attached hydrogens (tertiary/aromatic N) is 2. The summed E-state index contributed by atoms with van der Waals surface area (Å²) in [7, 11) is 0. The summed E-state index contributed by atoms with van der Waals surface area (Å²) in [5.41, 5.74) is 5.50. The van der Waals surface area contributed by atoms with Crippen molar-refractivity contribution in [2.45, 2.75) is 33.6 Å². The van der Waals surface area contributed by atoms with Crippen LogP contribution in [0.15, 0.2) is 54.9 Å². The SMILES string of the molecule is Cc1ccc(C)c(Nc2cnc(C(=O)Nc3ccc(C(C)C)cc3)cn2)c1. The van der Waals surface area contributed by atoms with Crippen LogP contribution in [0.25, 0.3) is 0 Å². The number of carbonyl (C=O) groups is 1. The molecule has 0 fully saturated rings. The van der Waals surface area contributed by atoms with Gasteiger partial charge < -0.3 is 10.6 Å².